The van der Waals surface area contributed by atoms with E-state index < -0.39 is 0 Å². The molecule has 0 spiro atoms. The lowest BCUT2D eigenvalue weighted by atomic mass is 10.1. The first-order valence-corrected chi connectivity index (χ1v) is 6.16. The number of benzene rings is 1. The van der Waals surface area contributed by atoms with E-state index in [-0.39, 0.29) is 0 Å². The molecule has 0 radical (unpaired) electrons. The molecule has 92 valence electrons. The van der Waals surface area contributed by atoms with E-state index in [1.807, 2.05) is 12.4 Å². The average molecular weight is 231 g/mol. The summed E-state index contributed by atoms with van der Waals surface area (Å²) >= 11 is 0. The van der Waals surface area contributed by atoms with Crippen molar-refractivity contribution in [2.24, 2.45) is 15.7 Å². The van der Waals surface area contributed by atoms with E-state index in [0.29, 0.717) is 6.54 Å². The van der Waals surface area contributed by atoms with Gasteiger partial charge in [0.1, 0.15) is 0 Å². The molecule has 0 fully saturated rings. The van der Waals surface area contributed by atoms with Crippen molar-refractivity contribution in [2.75, 3.05) is 19.6 Å². The van der Waals surface area contributed by atoms with E-state index >= 15 is 0 Å². The normalized spacial score (nSPS) is 11.6. The third-order valence-corrected chi connectivity index (χ3v) is 2.26. The Hall–Kier alpha value is -1.48. The van der Waals surface area contributed by atoms with Gasteiger partial charge in [0, 0.05) is 25.5 Å². The predicted octanol–water partition coefficient (Wildman–Crippen LogP) is 2.28. The zero-order chi connectivity index (χ0) is 12.3. The predicted molar refractivity (Wildman–Crippen MR) is 75.3 cm³/mol. The Bertz CT molecular complexity index is 352. The van der Waals surface area contributed by atoms with Gasteiger partial charge in [-0.25, -0.2) is 0 Å². The molecule has 0 bridgehead atoms. The fourth-order valence-corrected chi connectivity index (χ4v) is 1.32. The highest BCUT2D eigenvalue weighted by molar-refractivity contribution is 5.84. The fourth-order valence-electron chi connectivity index (χ4n) is 1.32. The zero-order valence-electron chi connectivity index (χ0n) is 10.5. The summed E-state index contributed by atoms with van der Waals surface area (Å²) in [6.07, 6.45) is 5.84. The minimum absolute atomic E-state index is 0.699. The Labute approximate surface area is 103 Å². The summed E-state index contributed by atoms with van der Waals surface area (Å²) < 4.78 is 0. The highest BCUT2D eigenvalue weighted by atomic mass is 14.7. The molecule has 3 nitrogen and oxygen atoms in total. The molecule has 2 N–H and O–H groups in total. The van der Waals surface area contributed by atoms with Crippen molar-refractivity contribution in [1.82, 2.24) is 0 Å². The molecule has 3 heteroatoms. The van der Waals surface area contributed by atoms with Crippen LogP contribution in [0.5, 0.6) is 0 Å². The lowest BCUT2D eigenvalue weighted by Crippen LogP contribution is -2.00. The standard InChI is InChI=1S/C14H21N3/c1-2-9-16-11-13-4-6-14(7-5-13)12-17-10-3-8-15/h4-7,11-12H,2-3,8-10,15H2,1H3. The van der Waals surface area contributed by atoms with Crippen LogP contribution in [-0.4, -0.2) is 32.1 Å². The van der Waals surface area contributed by atoms with Crippen LogP contribution in [0.15, 0.2) is 34.3 Å². The molecule has 0 atom stereocenters. The van der Waals surface area contributed by atoms with Gasteiger partial charge in [-0.15, -0.1) is 0 Å². The van der Waals surface area contributed by atoms with Crippen molar-refractivity contribution in [3.63, 3.8) is 0 Å². The van der Waals surface area contributed by atoms with Gasteiger partial charge in [0.25, 0.3) is 0 Å². The molecule has 0 aliphatic carbocycles. The van der Waals surface area contributed by atoms with E-state index in [2.05, 4.69) is 41.2 Å². The van der Waals surface area contributed by atoms with E-state index in [1.54, 1.807) is 0 Å². The Morgan fingerprint density at radius 2 is 1.53 bits per heavy atom. The first-order chi connectivity index (χ1) is 8.36. The topological polar surface area (TPSA) is 50.7 Å². The van der Waals surface area contributed by atoms with E-state index in [4.69, 9.17) is 5.73 Å². The minimum atomic E-state index is 0.699. The van der Waals surface area contributed by atoms with Gasteiger partial charge in [-0.1, -0.05) is 31.2 Å². The molecule has 0 aliphatic rings. The maximum absolute atomic E-state index is 5.40. The SMILES string of the molecule is CCCN=Cc1ccc(C=NCCCN)cc1. The summed E-state index contributed by atoms with van der Waals surface area (Å²) in [5.41, 5.74) is 7.65. The van der Waals surface area contributed by atoms with Gasteiger partial charge >= 0.3 is 0 Å². The number of rotatable bonds is 7. The van der Waals surface area contributed by atoms with Crippen LogP contribution in [0, 0.1) is 0 Å². The molecule has 0 saturated heterocycles. The monoisotopic (exact) mass is 231 g/mol. The summed E-state index contributed by atoms with van der Waals surface area (Å²) in [6.45, 7) is 4.51. The highest BCUT2D eigenvalue weighted by Crippen LogP contribution is 2.00. The van der Waals surface area contributed by atoms with Crippen LogP contribution >= 0.6 is 0 Å². The molecule has 1 rings (SSSR count). The third-order valence-electron chi connectivity index (χ3n) is 2.26. The molecule has 17 heavy (non-hydrogen) atoms. The van der Waals surface area contributed by atoms with Crippen LogP contribution in [0.3, 0.4) is 0 Å². The quantitative estimate of drug-likeness (QED) is 0.568. The molecule has 0 heterocycles. The lowest BCUT2D eigenvalue weighted by molar-refractivity contribution is 0.847. The second-order valence-corrected chi connectivity index (χ2v) is 3.88. The zero-order valence-corrected chi connectivity index (χ0v) is 10.5. The summed E-state index contributed by atoms with van der Waals surface area (Å²) in [6, 6.07) is 8.23. The van der Waals surface area contributed by atoms with E-state index in [1.165, 1.54) is 0 Å². The van der Waals surface area contributed by atoms with Crippen LogP contribution in [0.1, 0.15) is 30.9 Å². The number of nitrogens with two attached hydrogens (primary N) is 1. The Kier molecular flexibility index (Phi) is 6.91. The van der Waals surface area contributed by atoms with Gasteiger partial charge < -0.3 is 5.73 Å². The van der Waals surface area contributed by atoms with Gasteiger partial charge in [-0.05, 0) is 30.5 Å². The largest absolute Gasteiger partial charge is 0.330 e. The Balaban J connectivity index is 2.47. The molecule has 1 aromatic carbocycles. The maximum atomic E-state index is 5.40. The molecular formula is C14H21N3. The third kappa shape index (κ3) is 5.97. The van der Waals surface area contributed by atoms with Gasteiger partial charge in [0.2, 0.25) is 0 Å². The highest BCUT2D eigenvalue weighted by Gasteiger charge is 1.89. The van der Waals surface area contributed by atoms with Gasteiger partial charge in [0.15, 0.2) is 0 Å². The summed E-state index contributed by atoms with van der Waals surface area (Å²) in [5.74, 6) is 0. The molecular weight excluding hydrogens is 210 g/mol. The minimum Gasteiger partial charge on any atom is -0.330 e. The molecule has 0 amide bonds. The van der Waals surface area contributed by atoms with Crippen molar-refractivity contribution in [1.29, 1.82) is 0 Å². The first-order valence-electron chi connectivity index (χ1n) is 6.16. The van der Waals surface area contributed by atoms with Crippen molar-refractivity contribution in [3.05, 3.63) is 35.4 Å². The van der Waals surface area contributed by atoms with Crippen molar-refractivity contribution >= 4 is 12.4 Å². The van der Waals surface area contributed by atoms with Crippen LogP contribution < -0.4 is 5.73 Å². The molecule has 0 saturated carbocycles. The van der Waals surface area contributed by atoms with Crippen LogP contribution in [0.2, 0.25) is 0 Å². The van der Waals surface area contributed by atoms with Gasteiger partial charge in [-0.3, -0.25) is 9.98 Å². The first kappa shape index (κ1) is 13.6. The number of aliphatic imine (C=N–C) groups is 2. The van der Waals surface area contributed by atoms with Crippen molar-refractivity contribution in [3.8, 4) is 0 Å². The second kappa shape index (κ2) is 8.65. The Morgan fingerprint density at radius 3 is 2.00 bits per heavy atom. The summed E-state index contributed by atoms with van der Waals surface area (Å²) in [5, 5.41) is 0. The summed E-state index contributed by atoms with van der Waals surface area (Å²) in [7, 11) is 0. The number of hydrogen-bond acceptors (Lipinski definition) is 3. The van der Waals surface area contributed by atoms with Crippen molar-refractivity contribution in [2.45, 2.75) is 19.8 Å². The number of nitrogens with zero attached hydrogens (tertiary/aromatic N) is 2. The summed E-state index contributed by atoms with van der Waals surface area (Å²) in [4.78, 5) is 8.60. The number of hydrogen-bond donors (Lipinski definition) is 1. The van der Waals surface area contributed by atoms with E-state index in [9.17, 15) is 0 Å². The average Bonchev–Trinajstić information content (AvgIpc) is 2.37. The lowest BCUT2D eigenvalue weighted by Gasteiger charge is -1.96. The van der Waals surface area contributed by atoms with Crippen LogP contribution in [-0.2, 0) is 0 Å². The fraction of sp³-hybridized carbons (Fsp3) is 0.429. The van der Waals surface area contributed by atoms with Crippen molar-refractivity contribution < 1.29 is 0 Å². The molecule has 1 aromatic rings. The second-order valence-electron chi connectivity index (χ2n) is 3.88. The molecule has 0 aromatic heterocycles. The molecule has 0 aliphatic heterocycles. The van der Waals surface area contributed by atoms with Crippen LogP contribution in [0.4, 0.5) is 0 Å². The van der Waals surface area contributed by atoms with Crippen LogP contribution in [0.25, 0.3) is 0 Å². The molecule has 0 unspecified atom stereocenters. The maximum Gasteiger partial charge on any atom is 0.0401 e. The van der Waals surface area contributed by atoms with Gasteiger partial charge in [-0.2, -0.15) is 0 Å². The van der Waals surface area contributed by atoms with Gasteiger partial charge in [0.05, 0.1) is 0 Å². The smallest absolute Gasteiger partial charge is 0.0401 e. The van der Waals surface area contributed by atoms with E-state index in [0.717, 1.165) is 37.1 Å². The Morgan fingerprint density at radius 1 is 1.00 bits per heavy atom.